The second-order valence-corrected chi connectivity index (χ2v) is 6.28. The number of hydrogen-bond acceptors (Lipinski definition) is 1. The van der Waals surface area contributed by atoms with Crippen molar-refractivity contribution < 1.29 is 0 Å². The minimum atomic E-state index is 0.429. The fourth-order valence-corrected chi connectivity index (χ4v) is 2.14. The van der Waals surface area contributed by atoms with Crippen LogP contribution < -0.4 is 5.32 Å². The molecule has 0 aliphatic rings. The Balaban J connectivity index is 2.51. The second kappa shape index (κ2) is 6.42. The Morgan fingerprint density at radius 2 is 1.76 bits per heavy atom. The largest absolute Gasteiger partial charge is 0.313 e. The molecule has 0 saturated heterocycles. The molecule has 1 aromatic rings. The van der Waals surface area contributed by atoms with Crippen LogP contribution in [-0.4, -0.2) is 7.05 Å². The van der Waals surface area contributed by atoms with Crippen molar-refractivity contribution in [3.05, 3.63) is 34.9 Å². The van der Waals surface area contributed by atoms with Gasteiger partial charge in [0.1, 0.15) is 0 Å². The molecule has 1 atom stereocenters. The van der Waals surface area contributed by atoms with Gasteiger partial charge in [0.05, 0.1) is 0 Å². The van der Waals surface area contributed by atoms with Gasteiger partial charge in [-0.15, -0.1) is 0 Å². The van der Waals surface area contributed by atoms with Crippen molar-refractivity contribution >= 4 is 11.6 Å². The summed E-state index contributed by atoms with van der Waals surface area (Å²) < 4.78 is 0. The first-order chi connectivity index (χ1) is 7.92. The number of rotatable bonds is 5. The molecule has 0 aromatic heterocycles. The van der Waals surface area contributed by atoms with Gasteiger partial charge in [-0.1, -0.05) is 50.9 Å². The Hall–Kier alpha value is -0.530. The highest BCUT2D eigenvalue weighted by Crippen LogP contribution is 2.26. The van der Waals surface area contributed by atoms with Crippen LogP contribution in [0.4, 0.5) is 0 Å². The van der Waals surface area contributed by atoms with Crippen LogP contribution in [0.15, 0.2) is 24.3 Å². The molecule has 0 aliphatic heterocycles. The van der Waals surface area contributed by atoms with Crippen LogP contribution in [0.1, 0.15) is 51.6 Å². The van der Waals surface area contributed by atoms with Gasteiger partial charge in [0.15, 0.2) is 0 Å². The van der Waals surface area contributed by atoms with Gasteiger partial charge in [0, 0.05) is 11.1 Å². The number of halogens is 1. The number of hydrogen-bond donors (Lipinski definition) is 1. The smallest absolute Gasteiger partial charge is 0.0406 e. The molecule has 0 bridgehead atoms. The summed E-state index contributed by atoms with van der Waals surface area (Å²) >= 11 is 5.90. The molecule has 0 aliphatic carbocycles. The summed E-state index contributed by atoms with van der Waals surface area (Å²) in [6, 6.07) is 8.59. The van der Waals surface area contributed by atoms with Crippen LogP contribution >= 0.6 is 11.6 Å². The third-order valence-electron chi connectivity index (χ3n) is 3.04. The quantitative estimate of drug-likeness (QED) is 0.794. The fourth-order valence-electron chi connectivity index (χ4n) is 2.01. The van der Waals surface area contributed by atoms with Gasteiger partial charge < -0.3 is 5.32 Å². The highest BCUT2D eigenvalue weighted by molar-refractivity contribution is 6.30. The molecule has 0 heterocycles. The van der Waals surface area contributed by atoms with Crippen LogP contribution in [0.25, 0.3) is 0 Å². The molecule has 0 saturated carbocycles. The minimum absolute atomic E-state index is 0.429. The maximum atomic E-state index is 5.90. The Morgan fingerprint density at radius 1 is 1.18 bits per heavy atom. The normalized spacial score (nSPS) is 13.7. The molecule has 1 aromatic carbocycles. The summed E-state index contributed by atoms with van der Waals surface area (Å²) in [4.78, 5) is 0. The average molecular weight is 254 g/mol. The van der Waals surface area contributed by atoms with Gasteiger partial charge in [-0.25, -0.2) is 0 Å². The predicted octanol–water partition coefficient (Wildman–Crippen LogP) is 4.82. The molecule has 1 unspecified atom stereocenters. The van der Waals surface area contributed by atoms with E-state index in [0.717, 1.165) is 5.02 Å². The summed E-state index contributed by atoms with van der Waals surface area (Å²) in [5.41, 5.74) is 1.75. The second-order valence-electron chi connectivity index (χ2n) is 5.85. The molecular weight excluding hydrogens is 230 g/mol. The summed E-state index contributed by atoms with van der Waals surface area (Å²) in [7, 11) is 2.02. The van der Waals surface area contributed by atoms with Crippen LogP contribution in [-0.2, 0) is 0 Å². The Morgan fingerprint density at radius 3 is 2.24 bits per heavy atom. The molecule has 1 nitrogen and oxygen atoms in total. The maximum Gasteiger partial charge on any atom is 0.0406 e. The average Bonchev–Trinajstić information content (AvgIpc) is 2.24. The van der Waals surface area contributed by atoms with Crippen LogP contribution in [0, 0.1) is 5.41 Å². The van der Waals surface area contributed by atoms with E-state index in [9.17, 15) is 0 Å². The van der Waals surface area contributed by atoms with Crippen molar-refractivity contribution in [1.82, 2.24) is 5.32 Å². The summed E-state index contributed by atoms with van der Waals surface area (Å²) in [5.74, 6) is 0. The number of benzene rings is 1. The van der Waals surface area contributed by atoms with Crippen molar-refractivity contribution in [3.8, 4) is 0 Å². The number of nitrogens with one attached hydrogen (secondary N) is 1. The Labute approximate surface area is 111 Å². The molecule has 17 heavy (non-hydrogen) atoms. The molecule has 0 spiro atoms. The molecule has 0 fully saturated rings. The molecular formula is C15H24ClN. The van der Waals surface area contributed by atoms with E-state index in [1.165, 1.54) is 24.8 Å². The molecule has 2 heteroatoms. The van der Waals surface area contributed by atoms with Crippen molar-refractivity contribution in [2.24, 2.45) is 5.41 Å². The van der Waals surface area contributed by atoms with E-state index in [2.05, 4.69) is 38.2 Å². The van der Waals surface area contributed by atoms with Gasteiger partial charge in [0.25, 0.3) is 0 Å². The van der Waals surface area contributed by atoms with Gasteiger partial charge in [0.2, 0.25) is 0 Å². The van der Waals surface area contributed by atoms with Crippen molar-refractivity contribution in [1.29, 1.82) is 0 Å². The van der Waals surface area contributed by atoms with Gasteiger partial charge >= 0.3 is 0 Å². The van der Waals surface area contributed by atoms with Gasteiger partial charge in [-0.3, -0.25) is 0 Å². The zero-order chi connectivity index (χ0) is 12.9. The third-order valence-corrected chi connectivity index (χ3v) is 3.29. The highest BCUT2D eigenvalue weighted by atomic mass is 35.5. The molecule has 96 valence electrons. The standard InChI is InChI=1S/C15H24ClN/c1-15(2,3)11-5-6-14(17-4)12-7-9-13(16)10-8-12/h7-10,14,17H,5-6,11H2,1-4H3. The zero-order valence-corrected chi connectivity index (χ0v) is 12.1. The van der Waals surface area contributed by atoms with E-state index in [1.807, 2.05) is 19.2 Å². The molecule has 1 rings (SSSR count). The lowest BCUT2D eigenvalue weighted by Crippen LogP contribution is -2.17. The Kier molecular flexibility index (Phi) is 5.48. The first-order valence-corrected chi connectivity index (χ1v) is 6.73. The van der Waals surface area contributed by atoms with E-state index < -0.39 is 0 Å². The Bertz CT molecular complexity index is 324. The SMILES string of the molecule is CNC(CCCC(C)(C)C)c1ccc(Cl)cc1. The first kappa shape index (κ1) is 14.5. The van der Waals surface area contributed by atoms with Gasteiger partial charge in [-0.2, -0.15) is 0 Å². The maximum absolute atomic E-state index is 5.90. The van der Waals surface area contributed by atoms with E-state index in [4.69, 9.17) is 11.6 Å². The topological polar surface area (TPSA) is 12.0 Å². The lowest BCUT2D eigenvalue weighted by atomic mass is 9.88. The third kappa shape index (κ3) is 5.56. The summed E-state index contributed by atoms with van der Waals surface area (Å²) in [5, 5.41) is 4.18. The van der Waals surface area contributed by atoms with E-state index in [-0.39, 0.29) is 0 Å². The van der Waals surface area contributed by atoms with E-state index >= 15 is 0 Å². The van der Waals surface area contributed by atoms with Gasteiger partial charge in [-0.05, 0) is 43.0 Å². The monoisotopic (exact) mass is 253 g/mol. The predicted molar refractivity (Wildman–Crippen MR) is 76.6 cm³/mol. The molecule has 1 N–H and O–H groups in total. The molecule has 0 amide bonds. The fraction of sp³-hybridized carbons (Fsp3) is 0.600. The van der Waals surface area contributed by atoms with Crippen molar-refractivity contribution in [2.75, 3.05) is 7.05 Å². The first-order valence-electron chi connectivity index (χ1n) is 6.35. The lowest BCUT2D eigenvalue weighted by Gasteiger charge is -2.21. The van der Waals surface area contributed by atoms with Crippen LogP contribution in [0.2, 0.25) is 5.02 Å². The highest BCUT2D eigenvalue weighted by Gasteiger charge is 2.13. The lowest BCUT2D eigenvalue weighted by molar-refractivity contribution is 0.347. The molecule has 0 radical (unpaired) electrons. The minimum Gasteiger partial charge on any atom is -0.313 e. The zero-order valence-electron chi connectivity index (χ0n) is 11.4. The van der Waals surface area contributed by atoms with Crippen molar-refractivity contribution in [2.45, 2.75) is 46.1 Å². The van der Waals surface area contributed by atoms with E-state index in [1.54, 1.807) is 0 Å². The summed E-state index contributed by atoms with van der Waals surface area (Å²) in [6.07, 6.45) is 3.69. The van der Waals surface area contributed by atoms with Crippen molar-refractivity contribution in [3.63, 3.8) is 0 Å². The van der Waals surface area contributed by atoms with Crippen LogP contribution in [0.5, 0.6) is 0 Å². The van der Waals surface area contributed by atoms with E-state index in [0.29, 0.717) is 11.5 Å². The summed E-state index contributed by atoms with van der Waals surface area (Å²) in [6.45, 7) is 6.89. The van der Waals surface area contributed by atoms with Crippen LogP contribution in [0.3, 0.4) is 0 Å².